The van der Waals surface area contributed by atoms with Crippen LogP contribution >= 0.6 is 15.9 Å². The van der Waals surface area contributed by atoms with E-state index < -0.39 is 17.8 Å². The van der Waals surface area contributed by atoms with Crippen LogP contribution in [0.1, 0.15) is 11.1 Å². The first-order valence-corrected chi connectivity index (χ1v) is 8.68. The number of nitrogens with zero attached hydrogens (tertiary/aromatic N) is 1. The molecule has 0 atom stereocenters. The number of halogens is 1. The highest BCUT2D eigenvalue weighted by Gasteiger charge is 2.34. The molecule has 1 aliphatic heterocycles. The number of carbonyl (C=O) groups excluding carboxylic acids is 3. The molecule has 1 fully saturated rings. The van der Waals surface area contributed by atoms with Crippen LogP contribution in [0.2, 0.25) is 0 Å². The van der Waals surface area contributed by atoms with Crippen LogP contribution in [0.4, 0.5) is 10.5 Å². The Morgan fingerprint density at radius 3 is 2.62 bits per heavy atom. The normalized spacial score (nSPS) is 15.3. The van der Waals surface area contributed by atoms with E-state index in [1.54, 1.807) is 18.2 Å². The molecule has 0 radical (unpaired) electrons. The molecule has 1 aliphatic rings. The lowest BCUT2D eigenvalue weighted by Gasteiger charge is -2.12. The van der Waals surface area contributed by atoms with Crippen LogP contribution in [-0.2, 0) is 9.59 Å². The molecular weight excluding hydrogens is 398 g/mol. The molecule has 3 rings (SSSR count). The summed E-state index contributed by atoms with van der Waals surface area (Å²) < 4.78 is 0.859. The predicted molar refractivity (Wildman–Crippen MR) is 102 cm³/mol. The van der Waals surface area contributed by atoms with E-state index >= 15 is 0 Å². The number of amides is 4. The molecule has 132 valence electrons. The third kappa shape index (κ3) is 4.18. The topological polar surface area (TPSA) is 78.5 Å². The van der Waals surface area contributed by atoms with E-state index in [2.05, 4.69) is 26.6 Å². The van der Waals surface area contributed by atoms with Crippen LogP contribution in [0.15, 0.2) is 58.7 Å². The average Bonchev–Trinajstić information content (AvgIpc) is 2.84. The van der Waals surface area contributed by atoms with Gasteiger partial charge in [-0.15, -0.1) is 0 Å². The van der Waals surface area contributed by atoms with E-state index in [4.69, 9.17) is 0 Å². The van der Waals surface area contributed by atoms with Gasteiger partial charge in [-0.25, -0.2) is 9.69 Å². The number of urea groups is 1. The fraction of sp³-hybridized carbons (Fsp3) is 0.105. The minimum absolute atomic E-state index is 0.135. The van der Waals surface area contributed by atoms with Crippen LogP contribution in [0, 0.1) is 6.92 Å². The molecule has 2 aromatic carbocycles. The van der Waals surface area contributed by atoms with Gasteiger partial charge in [-0.2, -0.15) is 0 Å². The zero-order chi connectivity index (χ0) is 18.7. The summed E-state index contributed by atoms with van der Waals surface area (Å²) in [7, 11) is 0. The summed E-state index contributed by atoms with van der Waals surface area (Å²) in [6.45, 7) is 1.59. The first-order chi connectivity index (χ1) is 12.4. The lowest BCUT2D eigenvalue weighted by Crippen LogP contribution is -2.38. The van der Waals surface area contributed by atoms with Crippen LogP contribution in [0.25, 0.3) is 6.08 Å². The second-order valence-electron chi connectivity index (χ2n) is 5.85. The smallest absolute Gasteiger partial charge is 0.325 e. The van der Waals surface area contributed by atoms with E-state index in [1.165, 1.54) is 0 Å². The van der Waals surface area contributed by atoms with Crippen LogP contribution in [-0.4, -0.2) is 29.3 Å². The third-order valence-electron chi connectivity index (χ3n) is 3.76. The Morgan fingerprint density at radius 1 is 1.19 bits per heavy atom. The standard InChI is InChI=1S/C19H16BrN3O3/c1-12-5-7-15(8-6-12)21-17(24)11-23-18(25)16(22-19(23)26)10-13-3-2-4-14(20)9-13/h2-10H,11H2,1H3,(H,21,24)(H,22,26)/b16-10-. The van der Waals surface area contributed by atoms with Gasteiger partial charge in [-0.05, 0) is 42.8 Å². The zero-order valence-electron chi connectivity index (χ0n) is 14.0. The maximum atomic E-state index is 12.4. The highest BCUT2D eigenvalue weighted by atomic mass is 79.9. The highest BCUT2D eigenvalue weighted by molar-refractivity contribution is 9.10. The number of rotatable bonds is 4. The van der Waals surface area contributed by atoms with Crippen LogP contribution in [0.5, 0.6) is 0 Å². The number of hydrogen-bond acceptors (Lipinski definition) is 3. The molecule has 0 aliphatic carbocycles. The molecule has 1 heterocycles. The van der Waals surface area contributed by atoms with Gasteiger partial charge in [0.1, 0.15) is 12.2 Å². The molecule has 1 saturated heterocycles. The van der Waals surface area contributed by atoms with Gasteiger partial charge in [-0.1, -0.05) is 45.8 Å². The average molecular weight is 414 g/mol. The van der Waals surface area contributed by atoms with E-state index in [9.17, 15) is 14.4 Å². The monoisotopic (exact) mass is 413 g/mol. The van der Waals surface area contributed by atoms with Crippen molar-refractivity contribution < 1.29 is 14.4 Å². The van der Waals surface area contributed by atoms with Crippen molar-refractivity contribution in [2.24, 2.45) is 0 Å². The molecule has 7 heteroatoms. The number of carbonyl (C=O) groups is 3. The summed E-state index contributed by atoms with van der Waals surface area (Å²) in [6.07, 6.45) is 1.57. The van der Waals surface area contributed by atoms with E-state index in [0.29, 0.717) is 5.69 Å². The number of hydrogen-bond donors (Lipinski definition) is 2. The summed E-state index contributed by atoms with van der Waals surface area (Å²) in [5.41, 5.74) is 2.57. The number of benzene rings is 2. The van der Waals surface area contributed by atoms with Crippen molar-refractivity contribution in [2.45, 2.75) is 6.92 Å². The number of nitrogens with one attached hydrogen (secondary N) is 2. The van der Waals surface area contributed by atoms with Crippen molar-refractivity contribution in [3.63, 3.8) is 0 Å². The lowest BCUT2D eigenvalue weighted by atomic mass is 10.2. The molecule has 26 heavy (non-hydrogen) atoms. The maximum Gasteiger partial charge on any atom is 0.329 e. The fourth-order valence-electron chi connectivity index (χ4n) is 2.46. The largest absolute Gasteiger partial charge is 0.329 e. The molecule has 0 saturated carbocycles. The van der Waals surface area contributed by atoms with Gasteiger partial charge in [0.2, 0.25) is 5.91 Å². The maximum absolute atomic E-state index is 12.4. The molecule has 0 unspecified atom stereocenters. The molecule has 4 amide bonds. The van der Waals surface area contributed by atoms with Gasteiger partial charge < -0.3 is 10.6 Å². The van der Waals surface area contributed by atoms with Gasteiger partial charge in [0, 0.05) is 10.2 Å². The Morgan fingerprint density at radius 2 is 1.92 bits per heavy atom. The summed E-state index contributed by atoms with van der Waals surface area (Å²) in [6, 6.07) is 13.9. The lowest BCUT2D eigenvalue weighted by molar-refractivity contribution is -0.127. The minimum atomic E-state index is -0.615. The first kappa shape index (κ1) is 17.9. The zero-order valence-corrected chi connectivity index (χ0v) is 15.5. The Hall–Kier alpha value is -2.93. The summed E-state index contributed by atoms with van der Waals surface area (Å²) >= 11 is 3.35. The molecule has 2 N–H and O–H groups in total. The second-order valence-corrected chi connectivity index (χ2v) is 6.76. The Bertz CT molecular complexity index is 907. The van der Waals surface area contributed by atoms with Crippen molar-refractivity contribution in [1.82, 2.24) is 10.2 Å². The van der Waals surface area contributed by atoms with Crippen LogP contribution in [0.3, 0.4) is 0 Å². The predicted octanol–water partition coefficient (Wildman–Crippen LogP) is 3.29. The molecule has 2 aromatic rings. The van der Waals surface area contributed by atoms with Crippen molar-refractivity contribution >= 4 is 45.5 Å². The molecule has 0 spiro atoms. The van der Waals surface area contributed by atoms with Gasteiger partial charge in [0.05, 0.1) is 0 Å². The SMILES string of the molecule is Cc1ccc(NC(=O)CN2C(=O)N/C(=C\c3cccc(Br)c3)C2=O)cc1. The third-order valence-corrected chi connectivity index (χ3v) is 4.25. The first-order valence-electron chi connectivity index (χ1n) is 7.89. The van der Waals surface area contributed by atoms with Crippen molar-refractivity contribution in [3.8, 4) is 0 Å². The minimum Gasteiger partial charge on any atom is -0.325 e. The molecule has 0 aromatic heterocycles. The van der Waals surface area contributed by atoms with E-state index in [1.807, 2.05) is 43.3 Å². The molecule has 0 bridgehead atoms. The van der Waals surface area contributed by atoms with Gasteiger partial charge in [0.25, 0.3) is 5.91 Å². The number of imide groups is 1. The number of anilines is 1. The second kappa shape index (κ2) is 7.53. The Labute approximate surface area is 159 Å². The van der Waals surface area contributed by atoms with Gasteiger partial charge >= 0.3 is 6.03 Å². The molecule has 6 nitrogen and oxygen atoms in total. The molecular formula is C19H16BrN3O3. The Kier molecular flexibility index (Phi) is 5.18. The van der Waals surface area contributed by atoms with Crippen molar-refractivity contribution in [2.75, 3.05) is 11.9 Å². The fourth-order valence-corrected chi connectivity index (χ4v) is 2.88. The highest BCUT2D eigenvalue weighted by Crippen LogP contribution is 2.17. The quantitative estimate of drug-likeness (QED) is 0.596. The van der Waals surface area contributed by atoms with Gasteiger partial charge in [-0.3, -0.25) is 9.59 Å². The summed E-state index contributed by atoms with van der Waals surface area (Å²) in [5, 5.41) is 5.17. The summed E-state index contributed by atoms with van der Waals surface area (Å²) in [5.74, 6) is -0.977. The van der Waals surface area contributed by atoms with Gasteiger partial charge in [0.15, 0.2) is 0 Å². The van der Waals surface area contributed by atoms with Crippen molar-refractivity contribution in [3.05, 3.63) is 69.8 Å². The van der Waals surface area contributed by atoms with E-state index in [-0.39, 0.29) is 12.2 Å². The summed E-state index contributed by atoms with van der Waals surface area (Å²) in [4.78, 5) is 37.5. The van der Waals surface area contributed by atoms with Crippen LogP contribution < -0.4 is 10.6 Å². The van der Waals surface area contributed by atoms with E-state index in [0.717, 1.165) is 20.5 Å². The Balaban J connectivity index is 1.69. The number of aryl methyl sites for hydroxylation is 1. The van der Waals surface area contributed by atoms with Crippen molar-refractivity contribution in [1.29, 1.82) is 0 Å².